The highest BCUT2D eigenvalue weighted by Gasteiger charge is 2.21. The van der Waals surface area contributed by atoms with Gasteiger partial charge in [0.05, 0.1) is 11.2 Å². The Labute approximate surface area is 119 Å². The smallest absolute Gasteiger partial charge is 0.240 e. The molecular weight excluding hydrogens is 270 g/mol. The average molecular weight is 281 g/mol. The summed E-state index contributed by atoms with van der Waals surface area (Å²) in [5.74, 6) is -0.628. The second-order valence-corrected chi connectivity index (χ2v) is 4.33. The van der Waals surface area contributed by atoms with E-state index in [9.17, 15) is 15.0 Å². The van der Waals surface area contributed by atoms with Crippen LogP contribution in [0.3, 0.4) is 0 Å². The third-order valence-corrected chi connectivity index (χ3v) is 3.11. The number of rotatable bonds is 3. The molecule has 0 aliphatic heterocycles. The normalized spacial score (nSPS) is 10.5. The molecule has 3 aromatic rings. The number of anilines is 2. The topological polar surface area (TPSA) is 86.6 Å². The summed E-state index contributed by atoms with van der Waals surface area (Å²) in [5, 5.41) is 20.9. The zero-order valence-electron chi connectivity index (χ0n) is 10.8. The number of amides is 1. The summed E-state index contributed by atoms with van der Waals surface area (Å²) in [6.07, 6.45) is 3.52. The van der Waals surface area contributed by atoms with Crippen LogP contribution in [0.5, 0.6) is 11.6 Å². The van der Waals surface area contributed by atoms with E-state index in [-0.39, 0.29) is 11.4 Å². The molecule has 1 aromatic carbocycles. The fourth-order valence-corrected chi connectivity index (χ4v) is 2.14. The lowest BCUT2D eigenvalue weighted by Gasteiger charge is -2.19. The van der Waals surface area contributed by atoms with E-state index in [1.54, 1.807) is 36.4 Å². The molecule has 0 fully saturated rings. The molecule has 3 rings (SSSR count). The van der Waals surface area contributed by atoms with Gasteiger partial charge in [0.15, 0.2) is 11.4 Å². The number of carbonyl (C=O) groups excluding carboxylic acids is 1. The van der Waals surface area contributed by atoms with Crippen LogP contribution in [-0.4, -0.2) is 26.6 Å². The molecule has 0 aliphatic carbocycles. The number of aromatic hydroxyl groups is 2. The van der Waals surface area contributed by atoms with E-state index >= 15 is 0 Å². The molecule has 0 atom stereocenters. The van der Waals surface area contributed by atoms with Crippen LogP contribution in [0.15, 0.2) is 48.8 Å². The SMILES string of the molecule is O=CN(c1ccncc1)c1c(O)nc2ccccc2c1O. The van der Waals surface area contributed by atoms with Crippen LogP contribution in [-0.2, 0) is 4.79 Å². The van der Waals surface area contributed by atoms with E-state index in [4.69, 9.17) is 0 Å². The number of carbonyl (C=O) groups is 1. The first-order chi connectivity index (χ1) is 10.2. The maximum atomic E-state index is 11.4. The Morgan fingerprint density at radius 3 is 2.48 bits per heavy atom. The molecule has 0 spiro atoms. The predicted molar refractivity (Wildman–Crippen MR) is 77.5 cm³/mol. The molecule has 0 bridgehead atoms. The first kappa shape index (κ1) is 12.9. The minimum absolute atomic E-state index is 0.0603. The molecule has 6 nitrogen and oxygen atoms in total. The van der Waals surface area contributed by atoms with Gasteiger partial charge >= 0.3 is 0 Å². The summed E-state index contributed by atoms with van der Waals surface area (Å²) in [5.41, 5.74) is 0.842. The molecule has 0 saturated carbocycles. The first-order valence-electron chi connectivity index (χ1n) is 6.17. The van der Waals surface area contributed by atoms with Crippen LogP contribution < -0.4 is 4.90 Å². The molecule has 6 heteroatoms. The minimum atomic E-state index is -0.421. The van der Waals surface area contributed by atoms with Gasteiger partial charge in [0.1, 0.15) is 0 Å². The van der Waals surface area contributed by atoms with Crippen molar-refractivity contribution in [2.24, 2.45) is 0 Å². The van der Waals surface area contributed by atoms with Crippen LogP contribution in [0.25, 0.3) is 10.9 Å². The van der Waals surface area contributed by atoms with Crippen molar-refractivity contribution in [2.75, 3.05) is 4.90 Å². The molecule has 2 aromatic heterocycles. The monoisotopic (exact) mass is 281 g/mol. The van der Waals surface area contributed by atoms with Gasteiger partial charge in [-0.1, -0.05) is 12.1 Å². The summed E-state index contributed by atoms with van der Waals surface area (Å²) in [7, 11) is 0. The van der Waals surface area contributed by atoms with Crippen molar-refractivity contribution in [2.45, 2.75) is 0 Å². The van der Waals surface area contributed by atoms with Gasteiger partial charge in [-0.3, -0.25) is 14.7 Å². The fourth-order valence-electron chi connectivity index (χ4n) is 2.14. The number of para-hydroxylation sites is 1. The number of fused-ring (bicyclic) bond motifs is 1. The Kier molecular flexibility index (Phi) is 3.12. The van der Waals surface area contributed by atoms with Gasteiger partial charge in [-0.2, -0.15) is 0 Å². The van der Waals surface area contributed by atoms with E-state index in [2.05, 4.69) is 9.97 Å². The van der Waals surface area contributed by atoms with Crippen molar-refractivity contribution >= 4 is 28.7 Å². The Bertz CT molecular complexity index is 806. The van der Waals surface area contributed by atoms with Crippen LogP contribution in [0.2, 0.25) is 0 Å². The van der Waals surface area contributed by atoms with Crippen LogP contribution >= 0.6 is 0 Å². The largest absolute Gasteiger partial charge is 0.505 e. The summed E-state index contributed by atoms with van der Waals surface area (Å²) < 4.78 is 0. The number of hydrogen-bond donors (Lipinski definition) is 2. The van der Waals surface area contributed by atoms with E-state index < -0.39 is 5.88 Å². The van der Waals surface area contributed by atoms with Gasteiger partial charge in [0.25, 0.3) is 0 Å². The summed E-state index contributed by atoms with van der Waals surface area (Å²) >= 11 is 0. The molecule has 104 valence electrons. The fraction of sp³-hybridized carbons (Fsp3) is 0. The van der Waals surface area contributed by atoms with Crippen LogP contribution in [0.4, 0.5) is 11.4 Å². The van der Waals surface area contributed by atoms with Gasteiger partial charge in [-0.05, 0) is 24.3 Å². The summed E-state index contributed by atoms with van der Waals surface area (Å²) in [6, 6.07) is 9.98. The molecule has 1 amide bonds. The van der Waals surface area contributed by atoms with Gasteiger partial charge < -0.3 is 10.2 Å². The molecule has 0 unspecified atom stereocenters. The van der Waals surface area contributed by atoms with E-state index in [0.717, 1.165) is 4.90 Å². The molecular formula is C15H11N3O3. The summed E-state index contributed by atoms with van der Waals surface area (Å²) in [6.45, 7) is 0. The highest BCUT2D eigenvalue weighted by Crippen LogP contribution is 2.42. The highest BCUT2D eigenvalue weighted by molar-refractivity contribution is 5.99. The van der Waals surface area contributed by atoms with Crippen molar-refractivity contribution in [3.05, 3.63) is 48.8 Å². The van der Waals surface area contributed by atoms with Crippen molar-refractivity contribution in [3.8, 4) is 11.6 Å². The minimum Gasteiger partial charge on any atom is -0.505 e. The number of hydrogen-bond acceptors (Lipinski definition) is 5. The van der Waals surface area contributed by atoms with E-state index in [0.29, 0.717) is 23.0 Å². The van der Waals surface area contributed by atoms with Crippen LogP contribution in [0, 0.1) is 0 Å². The van der Waals surface area contributed by atoms with Crippen molar-refractivity contribution in [3.63, 3.8) is 0 Å². The first-order valence-corrected chi connectivity index (χ1v) is 6.17. The average Bonchev–Trinajstić information content (AvgIpc) is 2.52. The number of aromatic nitrogens is 2. The Balaban J connectivity index is 2.26. The lowest BCUT2D eigenvalue weighted by Crippen LogP contribution is -2.15. The molecule has 2 heterocycles. The maximum absolute atomic E-state index is 11.4. The Morgan fingerprint density at radius 1 is 1.05 bits per heavy atom. The zero-order chi connectivity index (χ0) is 14.8. The van der Waals surface area contributed by atoms with Gasteiger partial charge in [-0.15, -0.1) is 0 Å². The third-order valence-electron chi connectivity index (χ3n) is 3.11. The maximum Gasteiger partial charge on any atom is 0.240 e. The van der Waals surface area contributed by atoms with Gasteiger partial charge in [0, 0.05) is 17.8 Å². The zero-order valence-corrected chi connectivity index (χ0v) is 10.8. The number of nitrogens with zero attached hydrogens (tertiary/aromatic N) is 3. The lowest BCUT2D eigenvalue weighted by atomic mass is 10.1. The molecule has 0 aliphatic rings. The van der Waals surface area contributed by atoms with Crippen molar-refractivity contribution in [1.82, 2.24) is 9.97 Å². The Morgan fingerprint density at radius 2 is 1.76 bits per heavy atom. The predicted octanol–water partition coefficient (Wildman–Crippen LogP) is 2.34. The van der Waals surface area contributed by atoms with Crippen molar-refractivity contribution in [1.29, 1.82) is 0 Å². The molecule has 2 N–H and O–H groups in total. The third kappa shape index (κ3) is 2.12. The molecule has 0 saturated heterocycles. The second-order valence-electron chi connectivity index (χ2n) is 4.33. The van der Waals surface area contributed by atoms with Gasteiger partial charge in [-0.25, -0.2) is 4.98 Å². The number of benzene rings is 1. The molecule has 21 heavy (non-hydrogen) atoms. The second kappa shape index (κ2) is 5.09. The van der Waals surface area contributed by atoms with Crippen LogP contribution in [0.1, 0.15) is 0 Å². The molecule has 0 radical (unpaired) electrons. The number of pyridine rings is 2. The highest BCUT2D eigenvalue weighted by atomic mass is 16.3. The van der Waals surface area contributed by atoms with E-state index in [1.165, 1.54) is 12.4 Å². The lowest BCUT2D eigenvalue weighted by molar-refractivity contribution is -0.106. The van der Waals surface area contributed by atoms with Crippen molar-refractivity contribution < 1.29 is 15.0 Å². The standard InChI is InChI=1S/C15H11N3O3/c19-9-18(10-5-7-16-8-6-10)13-14(20)11-3-1-2-4-12(11)17-15(13)21/h1-9H,(H2,17,20,21). The Hall–Kier alpha value is -3.15. The van der Waals surface area contributed by atoms with E-state index in [1.807, 2.05) is 0 Å². The quantitative estimate of drug-likeness (QED) is 0.719. The summed E-state index contributed by atoms with van der Waals surface area (Å²) in [4.78, 5) is 20.4. The van der Waals surface area contributed by atoms with Gasteiger partial charge in [0.2, 0.25) is 12.3 Å².